The lowest BCUT2D eigenvalue weighted by Crippen LogP contribution is -2.41. The van der Waals surface area contributed by atoms with E-state index in [0.717, 1.165) is 33.3 Å². The highest BCUT2D eigenvalue weighted by atomic mass is 19.1. The van der Waals surface area contributed by atoms with Crippen LogP contribution < -0.4 is 10.1 Å². The zero-order valence-corrected chi connectivity index (χ0v) is 19.7. The van der Waals surface area contributed by atoms with Crippen molar-refractivity contribution in [3.05, 3.63) is 89.4 Å². The molecule has 4 rings (SSSR count). The number of hydrogen-bond acceptors (Lipinski definition) is 4. The molecule has 35 heavy (non-hydrogen) atoms. The average Bonchev–Trinajstić information content (AvgIpc) is 3.22. The number of ether oxygens (including phenoxy) is 2. The zero-order valence-electron chi connectivity index (χ0n) is 19.7. The summed E-state index contributed by atoms with van der Waals surface area (Å²) in [4.78, 5) is 12.2. The summed E-state index contributed by atoms with van der Waals surface area (Å²) >= 11 is 0. The second-order valence-corrected chi connectivity index (χ2v) is 8.44. The van der Waals surface area contributed by atoms with Gasteiger partial charge in [0, 0.05) is 12.5 Å². The van der Waals surface area contributed by atoms with Crippen LogP contribution in [0.4, 0.5) is 4.39 Å². The number of aromatic nitrogens is 2. The molecule has 3 aromatic carbocycles. The highest BCUT2D eigenvalue weighted by Crippen LogP contribution is 2.30. The van der Waals surface area contributed by atoms with Crippen LogP contribution in [0.5, 0.6) is 5.75 Å². The minimum Gasteiger partial charge on any atom is -0.484 e. The summed E-state index contributed by atoms with van der Waals surface area (Å²) in [7, 11) is 1.49. The van der Waals surface area contributed by atoms with Crippen LogP contribution in [0.1, 0.15) is 37.1 Å². The van der Waals surface area contributed by atoms with Gasteiger partial charge in [0.25, 0.3) is 0 Å². The maximum atomic E-state index is 13.3. The Hall–Kier alpha value is -3.71. The van der Waals surface area contributed by atoms with Gasteiger partial charge in [0.1, 0.15) is 24.3 Å². The summed E-state index contributed by atoms with van der Waals surface area (Å²) in [6.07, 6.45) is 1.34. The van der Waals surface area contributed by atoms with E-state index in [4.69, 9.17) is 9.47 Å². The Bertz CT molecular complexity index is 1300. The summed E-state index contributed by atoms with van der Waals surface area (Å²) in [6.45, 7) is 5.99. The van der Waals surface area contributed by atoms with Gasteiger partial charge in [-0.15, -0.1) is 0 Å². The summed E-state index contributed by atoms with van der Waals surface area (Å²) in [6, 6.07) is 17.8. The Labute approximate surface area is 205 Å². The first-order valence-corrected chi connectivity index (χ1v) is 11.1. The van der Waals surface area contributed by atoms with Gasteiger partial charge in [-0.3, -0.25) is 4.79 Å². The van der Waals surface area contributed by atoms with E-state index in [-0.39, 0.29) is 31.8 Å². The molecule has 0 fully saturated rings. The third-order valence-electron chi connectivity index (χ3n) is 5.72. The number of fused-ring (bicyclic) bond motifs is 1. The first-order chi connectivity index (χ1) is 16.4. The van der Waals surface area contributed by atoms with Crippen molar-refractivity contribution >= 4 is 16.8 Å². The molecule has 1 amide bonds. The van der Waals surface area contributed by atoms with Crippen molar-refractivity contribution in [3.8, 4) is 11.4 Å². The van der Waals surface area contributed by atoms with Gasteiger partial charge in [0.15, 0.2) is 0 Å². The van der Waals surface area contributed by atoms with E-state index >= 15 is 0 Å². The maximum absolute atomic E-state index is 13.3. The van der Waals surface area contributed by atoms with Gasteiger partial charge in [-0.05, 0) is 74.4 Å². The van der Waals surface area contributed by atoms with E-state index in [1.165, 1.54) is 19.2 Å². The van der Waals surface area contributed by atoms with Crippen molar-refractivity contribution in [3.63, 3.8) is 0 Å². The highest BCUT2D eigenvalue weighted by Gasteiger charge is 2.25. The molecule has 184 valence electrons. The number of carbonyl (C=O) groups excluding carboxylic acids is 1. The third kappa shape index (κ3) is 5.87. The number of nitrogens with zero attached hydrogens (tertiary/aromatic N) is 2. The second kappa shape index (κ2) is 11.1. The number of amides is 1. The Kier molecular flexibility index (Phi) is 8.25. The molecule has 0 saturated heterocycles. The number of benzene rings is 3. The van der Waals surface area contributed by atoms with Gasteiger partial charge in [-0.2, -0.15) is 5.10 Å². The summed E-state index contributed by atoms with van der Waals surface area (Å²) in [5.41, 5.74) is 4.89. The molecule has 0 aliphatic rings. The summed E-state index contributed by atoms with van der Waals surface area (Å²) in [5.74, 6) is 0.161. The third-order valence-corrected chi connectivity index (χ3v) is 5.72. The summed E-state index contributed by atoms with van der Waals surface area (Å²) < 4.78 is 26.5. The highest BCUT2D eigenvalue weighted by molar-refractivity contribution is 5.82. The molecular weight excluding hydrogens is 445 g/mol. The Balaban J connectivity index is 0.00000342. The maximum Gasteiger partial charge on any atom is 0.246 e. The van der Waals surface area contributed by atoms with E-state index in [9.17, 15) is 9.18 Å². The fraction of sp³-hybridized carbons (Fsp3) is 0.286. The minimum absolute atomic E-state index is 0. The molecule has 0 spiro atoms. The predicted octanol–water partition coefficient (Wildman–Crippen LogP) is 5.69. The molecule has 6 nitrogen and oxygen atoms in total. The summed E-state index contributed by atoms with van der Waals surface area (Å²) in [5, 5.41) is 8.32. The molecule has 0 saturated carbocycles. The van der Waals surface area contributed by atoms with E-state index in [1.54, 1.807) is 23.0 Å². The number of methoxy groups -OCH3 is 1. The lowest BCUT2D eigenvalue weighted by Gasteiger charge is -2.28. The fourth-order valence-electron chi connectivity index (χ4n) is 4.10. The smallest absolute Gasteiger partial charge is 0.246 e. The van der Waals surface area contributed by atoms with Crippen molar-refractivity contribution < 1.29 is 18.7 Å². The van der Waals surface area contributed by atoms with Crippen LogP contribution in [0.25, 0.3) is 16.6 Å². The first kappa shape index (κ1) is 25.9. The van der Waals surface area contributed by atoms with E-state index < -0.39 is 6.10 Å². The molecule has 1 heterocycles. The number of rotatable bonds is 8. The quantitative estimate of drug-likeness (QED) is 0.354. The number of aryl methyl sites for hydroxylation is 2. The van der Waals surface area contributed by atoms with Gasteiger partial charge in [-0.1, -0.05) is 31.2 Å². The Morgan fingerprint density at radius 3 is 2.51 bits per heavy atom. The van der Waals surface area contributed by atoms with Crippen molar-refractivity contribution in [2.45, 2.75) is 40.3 Å². The fourth-order valence-corrected chi connectivity index (χ4v) is 4.10. The number of hydrogen-bond donors (Lipinski definition) is 1. The van der Waals surface area contributed by atoms with Gasteiger partial charge >= 0.3 is 0 Å². The zero-order chi connectivity index (χ0) is 24.2. The first-order valence-electron chi connectivity index (χ1n) is 11.1. The van der Waals surface area contributed by atoms with Crippen molar-refractivity contribution in [1.29, 1.82) is 0 Å². The molecule has 0 radical (unpaired) electrons. The van der Waals surface area contributed by atoms with Crippen LogP contribution in [0.2, 0.25) is 0 Å². The van der Waals surface area contributed by atoms with Crippen LogP contribution in [0, 0.1) is 19.7 Å². The molecule has 4 aromatic rings. The molecule has 0 aliphatic carbocycles. The monoisotopic (exact) mass is 477 g/mol. The Morgan fingerprint density at radius 1 is 1.09 bits per heavy atom. The average molecular weight is 478 g/mol. The molecular formula is C28H32FN3O3. The van der Waals surface area contributed by atoms with Crippen LogP contribution in [-0.4, -0.2) is 35.4 Å². The van der Waals surface area contributed by atoms with Crippen molar-refractivity contribution in [1.82, 2.24) is 15.1 Å². The van der Waals surface area contributed by atoms with Crippen LogP contribution in [-0.2, 0) is 9.53 Å². The lowest BCUT2D eigenvalue weighted by molar-refractivity contribution is -0.126. The van der Waals surface area contributed by atoms with Crippen molar-refractivity contribution in [2.75, 3.05) is 13.7 Å². The number of nitrogens with one attached hydrogen (secondary N) is 1. The molecule has 1 N–H and O–H groups in total. The van der Waals surface area contributed by atoms with E-state index in [0.29, 0.717) is 5.75 Å². The molecule has 0 bridgehead atoms. The SMILES string of the molecule is C.COCC(=O)N[C@@H](C)[C@H](Oc1ccc2c(cnn2-c2ccc(F)cc2)c1)c1ccc(C)cc1C. The second-order valence-electron chi connectivity index (χ2n) is 8.44. The minimum atomic E-state index is -0.411. The van der Waals surface area contributed by atoms with Crippen LogP contribution >= 0.6 is 0 Å². The normalized spacial score (nSPS) is 12.6. The molecule has 0 aliphatic heterocycles. The molecule has 1 aromatic heterocycles. The van der Waals surface area contributed by atoms with Crippen LogP contribution in [0.3, 0.4) is 0 Å². The molecule has 0 unspecified atom stereocenters. The molecule has 2 atom stereocenters. The van der Waals surface area contributed by atoms with E-state index in [1.807, 2.05) is 51.1 Å². The largest absolute Gasteiger partial charge is 0.484 e. The van der Waals surface area contributed by atoms with Gasteiger partial charge < -0.3 is 14.8 Å². The lowest BCUT2D eigenvalue weighted by atomic mass is 9.96. The number of carbonyl (C=O) groups is 1. The van der Waals surface area contributed by atoms with Crippen molar-refractivity contribution in [2.24, 2.45) is 0 Å². The van der Waals surface area contributed by atoms with Gasteiger partial charge in [0.2, 0.25) is 5.91 Å². The Morgan fingerprint density at radius 2 is 1.83 bits per heavy atom. The van der Waals surface area contributed by atoms with E-state index in [2.05, 4.69) is 16.5 Å². The van der Waals surface area contributed by atoms with Gasteiger partial charge in [0.05, 0.1) is 23.4 Å². The number of halogens is 1. The standard InChI is InChI=1S/C27H28FN3O3.CH4/c1-17-5-11-24(18(2)13-17)27(19(3)30-26(32)16-33-4)34-23-10-12-25-20(14-23)15-29-31(25)22-8-6-21(28)7-9-22;/h5-15,19,27H,16H2,1-4H3,(H,30,32);1H4/t19-,27-;/m0./s1. The topological polar surface area (TPSA) is 65.4 Å². The molecule has 7 heteroatoms. The van der Waals surface area contributed by atoms with Gasteiger partial charge in [-0.25, -0.2) is 9.07 Å². The van der Waals surface area contributed by atoms with Crippen LogP contribution in [0.15, 0.2) is 66.9 Å². The predicted molar refractivity (Wildman–Crippen MR) is 137 cm³/mol.